The van der Waals surface area contributed by atoms with Crippen molar-refractivity contribution in [2.45, 2.75) is 0 Å². The molecule has 0 saturated heterocycles. The lowest BCUT2D eigenvalue weighted by molar-refractivity contribution is 0.101. The molecule has 0 N–H and O–H groups in total. The Hall–Kier alpha value is -1.86. The fourth-order valence-corrected chi connectivity index (χ4v) is 1.40. The third kappa shape index (κ3) is 2.20. The smallest absolute Gasteiger partial charge is 0.177 e. The van der Waals surface area contributed by atoms with Gasteiger partial charge in [0.05, 0.1) is 24.1 Å². The number of rotatable bonds is 4. The molecule has 0 radical (unpaired) electrons. The maximum Gasteiger partial charge on any atom is 0.177 e. The molecule has 0 amide bonds. The molecular weight excluding hydrogens is 230 g/mol. The number of Topliss-reactive ketones (excluding diaryl/α,β-unsaturated/α-hetero) is 1. The van der Waals surface area contributed by atoms with Gasteiger partial charge >= 0.3 is 0 Å². The number of carbonyl (C=O) groups excluding carboxylic acids is 2. The van der Waals surface area contributed by atoms with Crippen molar-refractivity contribution in [3.8, 4) is 11.8 Å². The van der Waals surface area contributed by atoms with Gasteiger partial charge in [-0.05, 0) is 12.1 Å². The average molecular weight is 238 g/mol. The summed E-state index contributed by atoms with van der Waals surface area (Å²) in [6.45, 7) is 0. The fourth-order valence-electron chi connectivity index (χ4n) is 1.25. The van der Waals surface area contributed by atoms with Gasteiger partial charge in [-0.3, -0.25) is 9.59 Å². The second-order valence-electron chi connectivity index (χ2n) is 2.93. The van der Waals surface area contributed by atoms with Crippen molar-refractivity contribution in [3.63, 3.8) is 0 Å². The zero-order valence-electron chi connectivity index (χ0n) is 8.49. The molecule has 1 aromatic rings. The van der Waals surface area contributed by atoms with Gasteiger partial charge in [0.15, 0.2) is 12.1 Å². The molecule has 0 fully saturated rings. The van der Waals surface area contributed by atoms with Crippen LogP contribution in [0.25, 0.3) is 0 Å². The summed E-state index contributed by atoms with van der Waals surface area (Å²) < 4.78 is 4.94. The van der Waals surface area contributed by atoms with Gasteiger partial charge in [-0.2, -0.15) is 5.26 Å². The number of hydrogen-bond acceptors (Lipinski definition) is 4. The summed E-state index contributed by atoms with van der Waals surface area (Å²) in [4.78, 5) is 22.1. The number of aldehydes is 1. The second kappa shape index (κ2) is 5.29. The maximum atomic E-state index is 11.4. The molecule has 0 aromatic heterocycles. The number of ketones is 1. The number of nitrogens with zero attached hydrogens (tertiary/aromatic N) is 1. The van der Waals surface area contributed by atoms with Gasteiger partial charge in [-0.25, -0.2) is 0 Å². The normalized spacial score (nSPS) is 9.31. The molecule has 0 aliphatic carbocycles. The fraction of sp³-hybridized carbons (Fsp3) is 0.182. The average Bonchev–Trinajstić information content (AvgIpc) is 2.35. The Balaban J connectivity index is 3.44. The van der Waals surface area contributed by atoms with Gasteiger partial charge in [-0.1, -0.05) is 0 Å². The summed E-state index contributed by atoms with van der Waals surface area (Å²) in [6, 6.07) is 4.56. The van der Waals surface area contributed by atoms with Gasteiger partial charge in [0.2, 0.25) is 0 Å². The lowest BCUT2D eigenvalue weighted by Gasteiger charge is -2.07. The van der Waals surface area contributed by atoms with Crippen LogP contribution in [0.2, 0.25) is 0 Å². The molecule has 4 nitrogen and oxygen atoms in total. The lowest BCUT2D eigenvalue weighted by Crippen LogP contribution is -2.04. The van der Waals surface area contributed by atoms with E-state index in [0.29, 0.717) is 6.29 Å². The van der Waals surface area contributed by atoms with Crippen LogP contribution < -0.4 is 4.74 Å². The van der Waals surface area contributed by atoms with Gasteiger partial charge in [0.25, 0.3) is 0 Å². The van der Waals surface area contributed by atoms with Crippen LogP contribution in [-0.4, -0.2) is 25.1 Å². The number of hydrogen-bond donors (Lipinski definition) is 0. The summed E-state index contributed by atoms with van der Waals surface area (Å²) in [5.74, 6) is -0.314. The Bertz CT molecular complexity index is 477. The third-order valence-corrected chi connectivity index (χ3v) is 2.29. The van der Waals surface area contributed by atoms with Crippen molar-refractivity contribution < 1.29 is 14.3 Å². The predicted molar refractivity (Wildman–Crippen MR) is 58.1 cm³/mol. The molecule has 16 heavy (non-hydrogen) atoms. The highest BCUT2D eigenvalue weighted by atomic mass is 35.5. The van der Waals surface area contributed by atoms with Crippen LogP contribution in [0, 0.1) is 11.3 Å². The Kier molecular flexibility index (Phi) is 4.03. The molecule has 0 unspecified atom stereocenters. The molecular formula is C11H8ClNO3. The SMILES string of the molecule is COc1cc(C(=O)CCl)cc(C#N)c1C=O. The molecule has 0 aliphatic rings. The Morgan fingerprint density at radius 3 is 2.75 bits per heavy atom. The van der Waals surface area contributed by atoms with Crippen LogP contribution in [0.5, 0.6) is 5.75 Å². The minimum atomic E-state index is -0.325. The van der Waals surface area contributed by atoms with E-state index in [2.05, 4.69) is 0 Å². The first kappa shape index (κ1) is 12.2. The van der Waals surface area contributed by atoms with E-state index >= 15 is 0 Å². The molecule has 0 bridgehead atoms. The predicted octanol–water partition coefficient (Wildman–Crippen LogP) is 1.80. The zero-order chi connectivity index (χ0) is 12.1. The van der Waals surface area contributed by atoms with E-state index in [4.69, 9.17) is 21.6 Å². The summed E-state index contributed by atoms with van der Waals surface area (Å²) >= 11 is 5.41. The topological polar surface area (TPSA) is 67.2 Å². The highest BCUT2D eigenvalue weighted by molar-refractivity contribution is 6.30. The maximum absolute atomic E-state index is 11.4. The van der Waals surface area contributed by atoms with E-state index in [1.807, 2.05) is 6.07 Å². The van der Waals surface area contributed by atoms with E-state index in [0.717, 1.165) is 0 Å². The number of benzene rings is 1. The molecule has 0 atom stereocenters. The van der Waals surface area contributed by atoms with E-state index in [9.17, 15) is 9.59 Å². The Morgan fingerprint density at radius 1 is 1.62 bits per heavy atom. The van der Waals surface area contributed by atoms with Crippen LogP contribution in [0.15, 0.2) is 12.1 Å². The van der Waals surface area contributed by atoms with Crippen LogP contribution in [0.4, 0.5) is 0 Å². The van der Waals surface area contributed by atoms with Crippen molar-refractivity contribution in [1.29, 1.82) is 5.26 Å². The van der Waals surface area contributed by atoms with Crippen LogP contribution in [0.1, 0.15) is 26.3 Å². The summed E-state index contributed by atoms with van der Waals surface area (Å²) in [5.41, 5.74) is 0.493. The number of carbonyl (C=O) groups is 2. The Labute approximate surface area is 97.4 Å². The summed E-state index contributed by atoms with van der Waals surface area (Å²) in [5, 5.41) is 8.84. The van der Waals surface area contributed by atoms with Crippen molar-refractivity contribution in [2.24, 2.45) is 0 Å². The molecule has 0 saturated carbocycles. The van der Waals surface area contributed by atoms with Crippen molar-refractivity contribution in [3.05, 3.63) is 28.8 Å². The van der Waals surface area contributed by atoms with Gasteiger partial charge in [-0.15, -0.1) is 11.6 Å². The molecule has 0 spiro atoms. The summed E-state index contributed by atoms with van der Waals surface area (Å²) in [6.07, 6.45) is 0.520. The largest absolute Gasteiger partial charge is 0.496 e. The van der Waals surface area contributed by atoms with Gasteiger partial charge in [0, 0.05) is 5.56 Å². The van der Waals surface area contributed by atoms with E-state index in [1.165, 1.54) is 19.2 Å². The molecule has 0 aliphatic heterocycles. The minimum absolute atomic E-state index is 0.0998. The molecule has 0 heterocycles. The quantitative estimate of drug-likeness (QED) is 0.455. The van der Waals surface area contributed by atoms with Crippen molar-refractivity contribution in [1.82, 2.24) is 0 Å². The van der Waals surface area contributed by atoms with Crippen LogP contribution in [0.3, 0.4) is 0 Å². The number of ether oxygens (including phenoxy) is 1. The van der Waals surface area contributed by atoms with Crippen molar-refractivity contribution >= 4 is 23.7 Å². The molecule has 82 valence electrons. The zero-order valence-corrected chi connectivity index (χ0v) is 9.25. The molecule has 1 aromatic carbocycles. The standard InChI is InChI=1S/C11H8ClNO3/c1-16-11-3-7(10(15)4-12)2-8(5-13)9(11)6-14/h2-3,6H,4H2,1H3. The monoisotopic (exact) mass is 237 g/mol. The minimum Gasteiger partial charge on any atom is -0.496 e. The van der Waals surface area contributed by atoms with Gasteiger partial charge in [0.1, 0.15) is 11.8 Å². The lowest BCUT2D eigenvalue weighted by atomic mass is 10.0. The highest BCUT2D eigenvalue weighted by Gasteiger charge is 2.14. The van der Waals surface area contributed by atoms with E-state index in [1.54, 1.807) is 0 Å². The second-order valence-corrected chi connectivity index (χ2v) is 3.19. The van der Waals surface area contributed by atoms with Crippen molar-refractivity contribution in [2.75, 3.05) is 13.0 Å². The van der Waals surface area contributed by atoms with E-state index in [-0.39, 0.29) is 34.1 Å². The number of alkyl halides is 1. The number of halogens is 1. The third-order valence-electron chi connectivity index (χ3n) is 2.04. The number of nitriles is 1. The van der Waals surface area contributed by atoms with Crippen LogP contribution in [-0.2, 0) is 0 Å². The molecule has 5 heteroatoms. The van der Waals surface area contributed by atoms with E-state index < -0.39 is 0 Å². The number of methoxy groups -OCH3 is 1. The first-order chi connectivity index (χ1) is 7.67. The Morgan fingerprint density at radius 2 is 2.31 bits per heavy atom. The first-order valence-electron chi connectivity index (χ1n) is 4.34. The highest BCUT2D eigenvalue weighted by Crippen LogP contribution is 2.23. The first-order valence-corrected chi connectivity index (χ1v) is 4.87. The van der Waals surface area contributed by atoms with Gasteiger partial charge < -0.3 is 4.74 Å². The van der Waals surface area contributed by atoms with Crippen LogP contribution >= 0.6 is 11.6 Å². The summed E-state index contributed by atoms with van der Waals surface area (Å²) in [7, 11) is 1.36. The molecule has 1 rings (SSSR count).